The van der Waals surface area contributed by atoms with E-state index in [9.17, 15) is 0 Å². The molecule has 20 heavy (non-hydrogen) atoms. The standard InChI is InChI=1S/C17H27ClN2/c1-17(2,3)14-7-9-20(10-8-14)16-6-5-15(18)11-13(16)12-19-4/h5-6,11,14,19H,7-10,12H2,1-4H3. The normalized spacial score (nSPS) is 17.6. The molecule has 2 rings (SSSR count). The van der Waals surface area contributed by atoms with Crippen LogP contribution in [-0.4, -0.2) is 20.1 Å². The number of halogens is 1. The van der Waals surface area contributed by atoms with E-state index in [1.165, 1.54) is 24.1 Å². The molecule has 1 N–H and O–H groups in total. The molecule has 0 atom stereocenters. The second kappa shape index (κ2) is 6.36. The van der Waals surface area contributed by atoms with Crippen molar-refractivity contribution in [1.82, 2.24) is 5.32 Å². The van der Waals surface area contributed by atoms with Gasteiger partial charge >= 0.3 is 0 Å². The van der Waals surface area contributed by atoms with Crippen molar-refractivity contribution in [3.05, 3.63) is 28.8 Å². The van der Waals surface area contributed by atoms with Crippen LogP contribution < -0.4 is 10.2 Å². The molecule has 0 bridgehead atoms. The summed E-state index contributed by atoms with van der Waals surface area (Å²) in [4.78, 5) is 2.52. The topological polar surface area (TPSA) is 15.3 Å². The Balaban J connectivity index is 2.10. The molecule has 1 fully saturated rings. The third kappa shape index (κ3) is 3.67. The molecule has 0 spiro atoms. The van der Waals surface area contributed by atoms with Crippen molar-refractivity contribution in [1.29, 1.82) is 0 Å². The summed E-state index contributed by atoms with van der Waals surface area (Å²) in [6.07, 6.45) is 2.57. The summed E-state index contributed by atoms with van der Waals surface area (Å²) in [7, 11) is 1.98. The van der Waals surface area contributed by atoms with Crippen molar-refractivity contribution in [2.45, 2.75) is 40.2 Å². The van der Waals surface area contributed by atoms with Gasteiger partial charge in [0.1, 0.15) is 0 Å². The van der Waals surface area contributed by atoms with E-state index in [4.69, 9.17) is 11.6 Å². The van der Waals surface area contributed by atoms with Crippen LogP contribution in [0.5, 0.6) is 0 Å². The molecule has 112 valence electrons. The summed E-state index contributed by atoms with van der Waals surface area (Å²) in [5.74, 6) is 0.832. The number of piperidine rings is 1. The first-order valence-corrected chi connectivity index (χ1v) is 7.97. The Labute approximate surface area is 128 Å². The van der Waals surface area contributed by atoms with Gasteiger partial charge in [-0.2, -0.15) is 0 Å². The van der Waals surface area contributed by atoms with Crippen molar-refractivity contribution in [2.24, 2.45) is 11.3 Å². The van der Waals surface area contributed by atoms with Gasteiger partial charge in [0.2, 0.25) is 0 Å². The van der Waals surface area contributed by atoms with Gasteiger partial charge in [0, 0.05) is 30.3 Å². The quantitative estimate of drug-likeness (QED) is 0.893. The molecule has 0 saturated carbocycles. The fourth-order valence-electron chi connectivity index (χ4n) is 3.18. The fraction of sp³-hybridized carbons (Fsp3) is 0.647. The van der Waals surface area contributed by atoms with Gasteiger partial charge in [-0.3, -0.25) is 0 Å². The molecule has 1 aliphatic heterocycles. The lowest BCUT2D eigenvalue weighted by molar-refractivity contribution is 0.199. The van der Waals surface area contributed by atoms with E-state index < -0.39 is 0 Å². The molecule has 3 heteroatoms. The Bertz CT molecular complexity index is 443. The van der Waals surface area contributed by atoms with Gasteiger partial charge in [0.05, 0.1) is 0 Å². The van der Waals surface area contributed by atoms with Crippen LogP contribution in [0, 0.1) is 11.3 Å². The SMILES string of the molecule is CNCc1cc(Cl)ccc1N1CCC(C(C)(C)C)CC1. The molecule has 0 aliphatic carbocycles. The number of rotatable bonds is 3. The molecule has 0 aromatic heterocycles. The van der Waals surface area contributed by atoms with Gasteiger partial charge in [-0.1, -0.05) is 32.4 Å². The van der Waals surface area contributed by atoms with Crippen LogP contribution in [0.3, 0.4) is 0 Å². The Kier molecular flexibility index (Phi) is 4.98. The van der Waals surface area contributed by atoms with E-state index in [1.54, 1.807) is 0 Å². The molecule has 0 amide bonds. The van der Waals surface area contributed by atoms with E-state index in [0.29, 0.717) is 5.41 Å². The van der Waals surface area contributed by atoms with Crippen LogP contribution >= 0.6 is 11.6 Å². The zero-order chi connectivity index (χ0) is 14.8. The van der Waals surface area contributed by atoms with Crippen LogP contribution in [0.2, 0.25) is 5.02 Å². The predicted molar refractivity (Wildman–Crippen MR) is 88.6 cm³/mol. The van der Waals surface area contributed by atoms with E-state index in [1.807, 2.05) is 13.1 Å². The third-order valence-electron chi connectivity index (χ3n) is 4.47. The largest absolute Gasteiger partial charge is 0.371 e. The number of hydrogen-bond acceptors (Lipinski definition) is 2. The zero-order valence-corrected chi connectivity index (χ0v) is 13.9. The van der Waals surface area contributed by atoms with Crippen molar-refractivity contribution in [3.8, 4) is 0 Å². The molecule has 1 aliphatic rings. The van der Waals surface area contributed by atoms with E-state index in [2.05, 4.69) is 43.1 Å². The van der Waals surface area contributed by atoms with Crippen molar-refractivity contribution in [2.75, 3.05) is 25.0 Å². The van der Waals surface area contributed by atoms with Crippen molar-refractivity contribution >= 4 is 17.3 Å². The number of anilines is 1. The highest BCUT2D eigenvalue weighted by Gasteiger charge is 2.29. The number of nitrogens with one attached hydrogen (secondary N) is 1. The summed E-state index contributed by atoms with van der Waals surface area (Å²) < 4.78 is 0. The lowest BCUT2D eigenvalue weighted by Gasteiger charge is -2.40. The Morgan fingerprint density at radius 2 is 1.90 bits per heavy atom. The van der Waals surface area contributed by atoms with Crippen molar-refractivity contribution in [3.63, 3.8) is 0 Å². The minimum Gasteiger partial charge on any atom is -0.371 e. The first-order chi connectivity index (χ1) is 9.41. The van der Waals surface area contributed by atoms with Crippen molar-refractivity contribution < 1.29 is 0 Å². The average molecular weight is 295 g/mol. The number of benzene rings is 1. The predicted octanol–water partition coefficient (Wildman–Crippen LogP) is 4.32. The maximum Gasteiger partial charge on any atom is 0.0412 e. The lowest BCUT2D eigenvalue weighted by atomic mass is 9.75. The smallest absolute Gasteiger partial charge is 0.0412 e. The zero-order valence-electron chi connectivity index (χ0n) is 13.2. The average Bonchev–Trinajstić information content (AvgIpc) is 2.38. The molecular weight excluding hydrogens is 268 g/mol. The van der Waals surface area contributed by atoms with Gasteiger partial charge in [0.15, 0.2) is 0 Å². The number of hydrogen-bond donors (Lipinski definition) is 1. The monoisotopic (exact) mass is 294 g/mol. The second-order valence-corrected chi connectivity index (χ2v) is 7.37. The summed E-state index contributed by atoms with van der Waals surface area (Å²) in [6.45, 7) is 10.3. The van der Waals surface area contributed by atoms with Crippen LogP contribution in [0.1, 0.15) is 39.2 Å². The van der Waals surface area contributed by atoms with Crippen LogP contribution in [0.25, 0.3) is 0 Å². The first kappa shape index (κ1) is 15.7. The molecular formula is C17H27ClN2. The highest BCUT2D eigenvalue weighted by atomic mass is 35.5. The van der Waals surface area contributed by atoms with E-state index in [-0.39, 0.29) is 0 Å². The van der Waals surface area contributed by atoms with Gasteiger partial charge in [0.25, 0.3) is 0 Å². The maximum absolute atomic E-state index is 6.13. The summed E-state index contributed by atoms with van der Waals surface area (Å²) in [5, 5.41) is 4.06. The highest BCUT2D eigenvalue weighted by Crippen LogP contribution is 2.36. The number of nitrogens with zero attached hydrogens (tertiary/aromatic N) is 1. The van der Waals surface area contributed by atoms with Crippen LogP contribution in [0.4, 0.5) is 5.69 Å². The van der Waals surface area contributed by atoms with Gasteiger partial charge in [-0.15, -0.1) is 0 Å². The molecule has 1 aromatic rings. The Morgan fingerprint density at radius 3 is 2.45 bits per heavy atom. The molecule has 2 nitrogen and oxygen atoms in total. The van der Waals surface area contributed by atoms with Crippen LogP contribution in [-0.2, 0) is 6.54 Å². The maximum atomic E-state index is 6.13. The third-order valence-corrected chi connectivity index (χ3v) is 4.70. The fourth-order valence-corrected chi connectivity index (χ4v) is 3.38. The summed E-state index contributed by atoms with van der Waals surface area (Å²) in [5.41, 5.74) is 3.07. The summed E-state index contributed by atoms with van der Waals surface area (Å²) >= 11 is 6.13. The Morgan fingerprint density at radius 1 is 1.25 bits per heavy atom. The van der Waals surface area contributed by atoms with Crippen LogP contribution in [0.15, 0.2) is 18.2 Å². The van der Waals surface area contributed by atoms with E-state index in [0.717, 1.165) is 30.6 Å². The Hall–Kier alpha value is -0.730. The molecule has 0 radical (unpaired) electrons. The molecule has 1 aromatic carbocycles. The lowest BCUT2D eigenvalue weighted by Crippen LogP contribution is -2.38. The van der Waals surface area contributed by atoms with Gasteiger partial charge < -0.3 is 10.2 Å². The van der Waals surface area contributed by atoms with Gasteiger partial charge in [-0.25, -0.2) is 0 Å². The molecule has 1 saturated heterocycles. The second-order valence-electron chi connectivity index (χ2n) is 6.93. The first-order valence-electron chi connectivity index (χ1n) is 7.60. The van der Waals surface area contributed by atoms with Gasteiger partial charge in [-0.05, 0) is 55.0 Å². The molecule has 1 heterocycles. The minimum absolute atomic E-state index is 0.430. The minimum atomic E-state index is 0.430. The summed E-state index contributed by atoms with van der Waals surface area (Å²) in [6, 6.07) is 6.27. The highest BCUT2D eigenvalue weighted by molar-refractivity contribution is 6.30. The molecule has 0 unspecified atom stereocenters. The van der Waals surface area contributed by atoms with E-state index >= 15 is 0 Å².